The number of para-hydroxylation sites is 1. The molecule has 186 valence electrons. The monoisotopic (exact) mass is 494 g/mol. The Balaban J connectivity index is 1.31. The third-order valence-electron chi connectivity index (χ3n) is 6.55. The first-order chi connectivity index (χ1) is 18.1. The molecule has 5 aromatic rings. The molecule has 0 saturated carbocycles. The van der Waals surface area contributed by atoms with Crippen molar-refractivity contribution in [1.82, 2.24) is 30.1 Å². The molecule has 2 aromatic heterocycles. The zero-order chi connectivity index (χ0) is 25.2. The Morgan fingerprint density at radius 1 is 0.919 bits per heavy atom. The van der Waals surface area contributed by atoms with Gasteiger partial charge in [-0.05, 0) is 57.6 Å². The van der Waals surface area contributed by atoms with Gasteiger partial charge in [-0.2, -0.15) is 0 Å². The second kappa shape index (κ2) is 9.87. The van der Waals surface area contributed by atoms with Crippen molar-refractivity contribution in [1.29, 1.82) is 0 Å². The molecule has 0 bridgehead atoms. The van der Waals surface area contributed by atoms with Crippen LogP contribution in [0.25, 0.3) is 10.9 Å². The number of nitrogens with one attached hydrogen (secondary N) is 1. The van der Waals surface area contributed by atoms with E-state index < -0.39 is 0 Å². The van der Waals surface area contributed by atoms with Crippen molar-refractivity contribution in [2.75, 3.05) is 6.79 Å². The molecule has 9 nitrogen and oxygen atoms in total. The van der Waals surface area contributed by atoms with E-state index in [1.807, 2.05) is 79.7 Å². The van der Waals surface area contributed by atoms with E-state index >= 15 is 0 Å². The summed E-state index contributed by atoms with van der Waals surface area (Å²) in [4.78, 5) is 18.3. The number of benzene rings is 3. The molecule has 3 aromatic carbocycles. The minimum Gasteiger partial charge on any atom is -0.454 e. The van der Waals surface area contributed by atoms with Crippen LogP contribution in [0.2, 0.25) is 0 Å². The number of hydrogen-bond donors (Lipinski definition) is 1. The molecule has 0 fully saturated rings. The standard InChI is InChI=1S/C28H26N6O3/c1-19-6-5-9-22-13-23(28(35)29-27(19)22)16-33(14-21-10-11-24-25(12-21)37-18-36-24)17-26-30-31-32-34(26)15-20-7-3-2-4-8-20/h2-13H,14-18H2,1H3,(H,29,35). The van der Waals surface area contributed by atoms with Gasteiger partial charge in [-0.1, -0.05) is 54.6 Å². The molecule has 0 amide bonds. The predicted octanol–water partition coefficient (Wildman–Crippen LogP) is 3.80. The zero-order valence-electron chi connectivity index (χ0n) is 20.4. The smallest absolute Gasteiger partial charge is 0.252 e. The highest BCUT2D eigenvalue weighted by molar-refractivity contribution is 5.81. The van der Waals surface area contributed by atoms with Crippen LogP contribution < -0.4 is 15.0 Å². The summed E-state index contributed by atoms with van der Waals surface area (Å²) in [5.74, 6) is 2.19. The van der Waals surface area contributed by atoms with Gasteiger partial charge in [0, 0.05) is 18.7 Å². The summed E-state index contributed by atoms with van der Waals surface area (Å²) in [6, 6.07) is 24.0. The van der Waals surface area contributed by atoms with Gasteiger partial charge in [0.2, 0.25) is 6.79 Å². The first-order valence-corrected chi connectivity index (χ1v) is 12.1. The average Bonchev–Trinajstić information content (AvgIpc) is 3.55. The van der Waals surface area contributed by atoms with Crippen molar-refractivity contribution in [2.24, 2.45) is 0 Å². The SMILES string of the molecule is Cc1cccc2cc(CN(Cc3ccc4c(c3)OCO4)Cc3nnnn3Cc3ccccc3)c(=O)[nH]c12. The third-order valence-corrected chi connectivity index (χ3v) is 6.55. The summed E-state index contributed by atoms with van der Waals surface area (Å²) in [6.45, 7) is 4.24. The Labute approximate surface area is 213 Å². The number of tetrazole rings is 1. The van der Waals surface area contributed by atoms with E-state index in [-0.39, 0.29) is 12.4 Å². The Kier molecular flexibility index (Phi) is 6.11. The number of hydrogen-bond acceptors (Lipinski definition) is 7. The predicted molar refractivity (Wildman–Crippen MR) is 138 cm³/mol. The number of fused-ring (bicyclic) bond motifs is 2. The molecular weight excluding hydrogens is 468 g/mol. The first-order valence-electron chi connectivity index (χ1n) is 12.1. The van der Waals surface area contributed by atoms with Crippen LogP contribution >= 0.6 is 0 Å². The molecule has 0 unspecified atom stereocenters. The van der Waals surface area contributed by atoms with Gasteiger partial charge >= 0.3 is 0 Å². The maximum absolute atomic E-state index is 13.1. The highest BCUT2D eigenvalue weighted by Crippen LogP contribution is 2.33. The van der Waals surface area contributed by atoms with Gasteiger partial charge in [-0.25, -0.2) is 4.68 Å². The number of aromatic amines is 1. The van der Waals surface area contributed by atoms with Crippen LogP contribution in [0.3, 0.4) is 0 Å². The second-order valence-corrected chi connectivity index (χ2v) is 9.23. The number of nitrogens with zero attached hydrogens (tertiary/aromatic N) is 5. The number of rotatable bonds is 8. The first kappa shape index (κ1) is 22.9. The maximum atomic E-state index is 13.1. The number of aromatic nitrogens is 5. The molecule has 1 N–H and O–H groups in total. The second-order valence-electron chi connectivity index (χ2n) is 9.23. The van der Waals surface area contributed by atoms with Crippen molar-refractivity contribution in [3.63, 3.8) is 0 Å². The Morgan fingerprint density at radius 3 is 2.68 bits per heavy atom. The quantitative estimate of drug-likeness (QED) is 0.350. The van der Waals surface area contributed by atoms with Crippen molar-refractivity contribution < 1.29 is 9.47 Å². The van der Waals surface area contributed by atoms with E-state index in [0.717, 1.165) is 44.9 Å². The number of H-pyrrole nitrogens is 1. The minimum atomic E-state index is -0.0960. The molecule has 0 saturated heterocycles. The molecule has 0 spiro atoms. The topological polar surface area (TPSA) is 98.2 Å². The largest absolute Gasteiger partial charge is 0.454 e. The van der Waals surface area contributed by atoms with Crippen molar-refractivity contribution in [3.05, 3.63) is 111 Å². The molecule has 3 heterocycles. The van der Waals surface area contributed by atoms with Crippen LogP contribution in [0.1, 0.15) is 28.1 Å². The fourth-order valence-corrected chi connectivity index (χ4v) is 4.67. The summed E-state index contributed by atoms with van der Waals surface area (Å²) in [5.41, 5.74) is 4.64. The summed E-state index contributed by atoms with van der Waals surface area (Å²) in [5, 5.41) is 13.5. The molecular formula is C28H26N6O3. The number of aryl methyl sites for hydroxylation is 1. The van der Waals surface area contributed by atoms with Crippen molar-refractivity contribution in [3.8, 4) is 11.5 Å². The summed E-state index contributed by atoms with van der Waals surface area (Å²) >= 11 is 0. The normalized spacial score (nSPS) is 12.5. The highest BCUT2D eigenvalue weighted by Gasteiger charge is 2.19. The van der Waals surface area contributed by atoms with Gasteiger partial charge in [-0.15, -0.1) is 5.10 Å². The molecule has 1 aliphatic heterocycles. The van der Waals surface area contributed by atoms with Crippen LogP contribution in [0, 0.1) is 6.92 Å². The molecule has 1 aliphatic rings. The lowest BCUT2D eigenvalue weighted by molar-refractivity contribution is 0.174. The van der Waals surface area contributed by atoms with Crippen molar-refractivity contribution in [2.45, 2.75) is 33.1 Å². The lowest BCUT2D eigenvalue weighted by Gasteiger charge is -2.22. The lowest BCUT2D eigenvalue weighted by Crippen LogP contribution is -2.28. The fourth-order valence-electron chi connectivity index (χ4n) is 4.67. The molecule has 6 rings (SSSR count). The average molecular weight is 495 g/mol. The summed E-state index contributed by atoms with van der Waals surface area (Å²) in [6.07, 6.45) is 0. The Bertz CT molecular complexity index is 1610. The molecule has 0 radical (unpaired) electrons. The van der Waals surface area contributed by atoms with Gasteiger partial charge in [0.05, 0.1) is 18.6 Å². The van der Waals surface area contributed by atoms with Gasteiger partial charge < -0.3 is 14.5 Å². The fraction of sp³-hybridized carbons (Fsp3) is 0.214. The van der Waals surface area contributed by atoms with Crippen LogP contribution in [-0.2, 0) is 26.2 Å². The van der Waals surface area contributed by atoms with E-state index in [1.54, 1.807) is 4.68 Å². The van der Waals surface area contributed by atoms with Gasteiger partial charge in [0.1, 0.15) is 0 Å². The van der Waals surface area contributed by atoms with Gasteiger partial charge in [-0.3, -0.25) is 9.69 Å². The van der Waals surface area contributed by atoms with Crippen LogP contribution in [-0.4, -0.2) is 36.9 Å². The van der Waals surface area contributed by atoms with E-state index in [2.05, 4.69) is 25.4 Å². The lowest BCUT2D eigenvalue weighted by atomic mass is 10.1. The van der Waals surface area contributed by atoms with E-state index in [9.17, 15) is 4.79 Å². The van der Waals surface area contributed by atoms with Crippen LogP contribution in [0.15, 0.2) is 77.6 Å². The van der Waals surface area contributed by atoms with Crippen LogP contribution in [0.5, 0.6) is 11.5 Å². The van der Waals surface area contributed by atoms with E-state index in [0.29, 0.717) is 31.7 Å². The highest BCUT2D eigenvalue weighted by atomic mass is 16.7. The number of pyridine rings is 1. The van der Waals surface area contributed by atoms with E-state index in [4.69, 9.17) is 9.47 Å². The minimum absolute atomic E-state index is 0.0960. The third kappa shape index (κ3) is 4.94. The number of ether oxygens (including phenoxy) is 2. The Morgan fingerprint density at radius 2 is 1.78 bits per heavy atom. The van der Waals surface area contributed by atoms with Crippen LogP contribution in [0.4, 0.5) is 0 Å². The summed E-state index contributed by atoms with van der Waals surface area (Å²) in [7, 11) is 0. The van der Waals surface area contributed by atoms with Gasteiger partial charge in [0.15, 0.2) is 17.3 Å². The van der Waals surface area contributed by atoms with E-state index in [1.165, 1.54) is 0 Å². The van der Waals surface area contributed by atoms with Gasteiger partial charge in [0.25, 0.3) is 5.56 Å². The Hall–Kier alpha value is -4.50. The van der Waals surface area contributed by atoms with Crippen molar-refractivity contribution >= 4 is 10.9 Å². The molecule has 0 aliphatic carbocycles. The zero-order valence-corrected chi connectivity index (χ0v) is 20.4. The maximum Gasteiger partial charge on any atom is 0.252 e. The molecule has 0 atom stereocenters. The molecule has 37 heavy (non-hydrogen) atoms. The molecule has 9 heteroatoms. The summed E-state index contributed by atoms with van der Waals surface area (Å²) < 4.78 is 12.8.